The maximum Gasteiger partial charge on any atom is 0.262 e. The summed E-state index contributed by atoms with van der Waals surface area (Å²) in [5, 5.41) is 0.663. The van der Waals surface area contributed by atoms with Crippen molar-refractivity contribution in [2.75, 3.05) is 26.2 Å². The Bertz CT molecular complexity index is 1180. The molecule has 3 aromatic rings. The predicted molar refractivity (Wildman–Crippen MR) is 108 cm³/mol. The second kappa shape index (κ2) is 7.53. The van der Waals surface area contributed by atoms with Crippen molar-refractivity contribution in [1.29, 1.82) is 0 Å². The van der Waals surface area contributed by atoms with Crippen LogP contribution in [0.3, 0.4) is 0 Å². The first kappa shape index (κ1) is 19.5. The van der Waals surface area contributed by atoms with E-state index in [1.807, 2.05) is 0 Å². The number of hydrogen-bond acceptors (Lipinski definition) is 5. The van der Waals surface area contributed by atoms with Gasteiger partial charge in [-0.05, 0) is 19.1 Å². The number of rotatable bonds is 2. The number of benzene rings is 1. The minimum Gasteiger partial charge on any atom is -0.442 e. The summed E-state index contributed by atoms with van der Waals surface area (Å²) in [5.41, 5.74) is 0.221. The minimum absolute atomic E-state index is 0.124. The van der Waals surface area contributed by atoms with E-state index in [4.69, 9.17) is 27.6 Å². The van der Waals surface area contributed by atoms with Crippen LogP contribution in [0.25, 0.3) is 11.1 Å². The molecule has 0 aliphatic carbocycles. The molecule has 29 heavy (non-hydrogen) atoms. The van der Waals surface area contributed by atoms with E-state index in [-0.39, 0.29) is 33.5 Å². The van der Waals surface area contributed by atoms with Gasteiger partial charge in [0.05, 0.1) is 27.5 Å². The lowest BCUT2D eigenvalue weighted by atomic mass is 10.1. The first-order valence-electron chi connectivity index (χ1n) is 8.88. The van der Waals surface area contributed by atoms with Crippen molar-refractivity contribution >= 4 is 46.1 Å². The van der Waals surface area contributed by atoms with Crippen LogP contribution in [0.4, 0.5) is 0 Å². The zero-order valence-corrected chi connectivity index (χ0v) is 16.9. The van der Waals surface area contributed by atoms with Crippen LogP contribution in [0, 0.1) is 6.92 Å². The van der Waals surface area contributed by atoms with E-state index >= 15 is 0 Å². The normalized spacial score (nSPS) is 14.4. The highest BCUT2D eigenvalue weighted by molar-refractivity contribution is 6.43. The molecule has 1 N–H and O–H groups in total. The van der Waals surface area contributed by atoms with E-state index in [2.05, 4.69) is 9.97 Å². The molecule has 0 bridgehead atoms. The number of carbonyl (C=O) groups excluding carboxylic acids is 2. The number of aromatic amines is 1. The highest BCUT2D eigenvalue weighted by Gasteiger charge is 2.30. The summed E-state index contributed by atoms with van der Waals surface area (Å²) in [6.07, 6.45) is 1.23. The summed E-state index contributed by atoms with van der Waals surface area (Å²) in [6, 6.07) is 4.90. The van der Waals surface area contributed by atoms with Crippen molar-refractivity contribution in [3.63, 3.8) is 0 Å². The van der Waals surface area contributed by atoms with E-state index in [1.54, 1.807) is 34.9 Å². The third-order valence-corrected chi connectivity index (χ3v) is 5.74. The molecule has 1 saturated heterocycles. The predicted octanol–water partition coefficient (Wildman–Crippen LogP) is 2.73. The van der Waals surface area contributed by atoms with E-state index in [1.165, 1.54) is 6.33 Å². The number of piperazine rings is 1. The molecule has 10 heteroatoms. The van der Waals surface area contributed by atoms with Crippen LogP contribution in [0.1, 0.15) is 26.5 Å². The maximum absolute atomic E-state index is 13.0. The summed E-state index contributed by atoms with van der Waals surface area (Å²) in [5.74, 6) is -0.235. The van der Waals surface area contributed by atoms with Crippen molar-refractivity contribution in [2.45, 2.75) is 6.92 Å². The number of carbonyl (C=O) groups is 2. The Balaban J connectivity index is 1.53. The molecule has 0 atom stereocenters. The van der Waals surface area contributed by atoms with Crippen LogP contribution in [0.5, 0.6) is 0 Å². The smallest absolute Gasteiger partial charge is 0.262 e. The topological polar surface area (TPSA) is 99.5 Å². The van der Waals surface area contributed by atoms with Crippen LogP contribution >= 0.6 is 23.2 Å². The van der Waals surface area contributed by atoms with Crippen molar-refractivity contribution in [1.82, 2.24) is 19.8 Å². The molecule has 0 radical (unpaired) electrons. The summed E-state index contributed by atoms with van der Waals surface area (Å²) in [7, 11) is 0. The van der Waals surface area contributed by atoms with Crippen molar-refractivity contribution in [3.8, 4) is 0 Å². The molecule has 2 aromatic heterocycles. The van der Waals surface area contributed by atoms with Gasteiger partial charge in [0.25, 0.3) is 17.4 Å². The molecule has 0 spiro atoms. The fourth-order valence-electron chi connectivity index (χ4n) is 3.42. The number of nitrogens with zero attached hydrogens (tertiary/aromatic N) is 3. The average molecular weight is 435 g/mol. The van der Waals surface area contributed by atoms with Crippen LogP contribution in [-0.2, 0) is 0 Å². The number of nitrogens with one attached hydrogen (secondary N) is 1. The third kappa shape index (κ3) is 3.38. The Hall–Kier alpha value is -2.84. The summed E-state index contributed by atoms with van der Waals surface area (Å²) >= 11 is 12.1. The highest BCUT2D eigenvalue weighted by atomic mass is 35.5. The van der Waals surface area contributed by atoms with Crippen LogP contribution in [0.2, 0.25) is 10.0 Å². The average Bonchev–Trinajstić information content (AvgIpc) is 3.06. The molecule has 1 fully saturated rings. The molecule has 0 saturated carbocycles. The van der Waals surface area contributed by atoms with E-state index in [0.29, 0.717) is 42.5 Å². The number of H-pyrrole nitrogens is 1. The molecular weight excluding hydrogens is 419 g/mol. The summed E-state index contributed by atoms with van der Waals surface area (Å²) in [4.78, 5) is 47.6. The van der Waals surface area contributed by atoms with E-state index < -0.39 is 5.56 Å². The molecule has 0 unspecified atom stereocenters. The third-order valence-electron chi connectivity index (χ3n) is 4.92. The molecule has 1 aromatic carbocycles. The lowest BCUT2D eigenvalue weighted by Crippen LogP contribution is -2.50. The number of amides is 2. The van der Waals surface area contributed by atoms with Gasteiger partial charge in [-0.3, -0.25) is 14.4 Å². The highest BCUT2D eigenvalue weighted by Crippen LogP contribution is 2.27. The molecule has 2 amide bonds. The Labute approximate surface area is 175 Å². The quantitative estimate of drug-likeness (QED) is 0.668. The van der Waals surface area contributed by atoms with E-state index in [0.717, 1.165) is 0 Å². The fraction of sp³-hybridized carbons (Fsp3) is 0.263. The fourth-order valence-corrected chi connectivity index (χ4v) is 3.80. The van der Waals surface area contributed by atoms with Gasteiger partial charge in [-0.2, -0.15) is 0 Å². The van der Waals surface area contributed by atoms with Crippen molar-refractivity contribution in [2.24, 2.45) is 0 Å². The maximum atomic E-state index is 13.0. The van der Waals surface area contributed by atoms with Crippen molar-refractivity contribution in [3.05, 3.63) is 61.8 Å². The zero-order chi connectivity index (χ0) is 20.7. The summed E-state index contributed by atoms with van der Waals surface area (Å²) < 4.78 is 5.46. The number of halogens is 2. The molecule has 150 valence electrons. The SMILES string of the molecule is Cc1oc2nc[nH]c(=O)c2c1C(=O)N1CCN(C(=O)c2cccc(Cl)c2Cl)CC1. The molecule has 1 aliphatic heterocycles. The molecular formula is C19H16Cl2N4O4. The summed E-state index contributed by atoms with van der Waals surface area (Å²) in [6.45, 7) is 2.91. The Kier molecular flexibility index (Phi) is 5.06. The Morgan fingerprint density at radius 1 is 1.10 bits per heavy atom. The van der Waals surface area contributed by atoms with Crippen molar-refractivity contribution < 1.29 is 14.0 Å². The Morgan fingerprint density at radius 3 is 2.45 bits per heavy atom. The van der Waals surface area contributed by atoms with Gasteiger partial charge >= 0.3 is 0 Å². The molecule has 4 rings (SSSR count). The number of aromatic nitrogens is 2. The van der Waals surface area contributed by atoms with Crippen LogP contribution in [-0.4, -0.2) is 57.8 Å². The monoisotopic (exact) mass is 434 g/mol. The van der Waals surface area contributed by atoms with Gasteiger partial charge in [-0.15, -0.1) is 0 Å². The second-order valence-electron chi connectivity index (χ2n) is 6.63. The van der Waals surface area contributed by atoms with Gasteiger partial charge in [-0.25, -0.2) is 4.98 Å². The van der Waals surface area contributed by atoms with Crippen LogP contribution in [0.15, 0.2) is 33.7 Å². The minimum atomic E-state index is -0.431. The van der Waals surface area contributed by atoms with Gasteiger partial charge in [0.2, 0.25) is 5.71 Å². The number of hydrogen-bond donors (Lipinski definition) is 1. The molecule has 1 aliphatic rings. The van der Waals surface area contributed by atoms with Gasteiger partial charge in [-0.1, -0.05) is 29.3 Å². The number of fused-ring (bicyclic) bond motifs is 1. The number of furan rings is 1. The zero-order valence-electron chi connectivity index (χ0n) is 15.4. The standard InChI is InChI=1S/C19H16Cl2N4O4/c1-10-13(14-16(26)22-9-23-17(14)29-10)19(28)25-7-5-24(6-8-25)18(27)11-3-2-4-12(20)15(11)21/h2-4,9H,5-8H2,1H3,(H,22,23,26). The second-order valence-corrected chi connectivity index (χ2v) is 7.42. The lowest BCUT2D eigenvalue weighted by Gasteiger charge is -2.35. The molecule has 8 nitrogen and oxygen atoms in total. The van der Waals surface area contributed by atoms with Gasteiger partial charge < -0.3 is 19.2 Å². The first-order valence-corrected chi connectivity index (χ1v) is 9.63. The Morgan fingerprint density at radius 2 is 1.76 bits per heavy atom. The lowest BCUT2D eigenvalue weighted by molar-refractivity contribution is 0.0535. The van der Waals surface area contributed by atoms with Gasteiger partial charge in [0.1, 0.15) is 11.1 Å². The molecule has 3 heterocycles. The van der Waals surface area contributed by atoms with Crippen LogP contribution < -0.4 is 5.56 Å². The first-order chi connectivity index (χ1) is 13.9. The van der Waals surface area contributed by atoms with Gasteiger partial charge in [0.15, 0.2) is 0 Å². The number of aryl methyl sites for hydroxylation is 1. The van der Waals surface area contributed by atoms with Gasteiger partial charge in [0, 0.05) is 26.2 Å². The largest absolute Gasteiger partial charge is 0.442 e. The van der Waals surface area contributed by atoms with E-state index in [9.17, 15) is 14.4 Å².